The van der Waals surface area contributed by atoms with E-state index in [4.69, 9.17) is 9.97 Å². The van der Waals surface area contributed by atoms with E-state index in [1.54, 1.807) is 0 Å². The minimum absolute atomic E-state index is 0.118. The second kappa shape index (κ2) is 12.5. The topological polar surface area (TPSA) is 95.3 Å². The van der Waals surface area contributed by atoms with E-state index in [0.717, 1.165) is 87.6 Å². The van der Waals surface area contributed by atoms with E-state index in [-0.39, 0.29) is 12.0 Å². The third-order valence-corrected chi connectivity index (χ3v) is 8.56. The van der Waals surface area contributed by atoms with Gasteiger partial charge in [-0.15, -0.1) is 0 Å². The van der Waals surface area contributed by atoms with E-state index < -0.39 is 0 Å². The molecule has 8 nitrogen and oxygen atoms in total. The fraction of sp³-hybridized carbons (Fsp3) is 0.581. The number of fused-ring (bicyclic) bond motifs is 1. The highest BCUT2D eigenvalue weighted by molar-refractivity contribution is 5.94. The lowest BCUT2D eigenvalue weighted by molar-refractivity contribution is 0.0713. The van der Waals surface area contributed by atoms with Crippen LogP contribution in [0.25, 0.3) is 11.0 Å². The highest BCUT2D eigenvalue weighted by atomic mass is 16.3. The number of piperidine rings is 1. The van der Waals surface area contributed by atoms with Crippen LogP contribution in [-0.4, -0.2) is 62.7 Å². The summed E-state index contributed by atoms with van der Waals surface area (Å²) in [6.07, 6.45) is 11.8. The van der Waals surface area contributed by atoms with Crippen LogP contribution >= 0.6 is 0 Å². The Balaban J connectivity index is 1.34. The third kappa shape index (κ3) is 6.28. The van der Waals surface area contributed by atoms with E-state index in [0.29, 0.717) is 23.9 Å². The van der Waals surface area contributed by atoms with Gasteiger partial charge in [-0.2, -0.15) is 4.98 Å². The number of benzene rings is 1. The maximum Gasteiger partial charge on any atom is 0.253 e. The van der Waals surface area contributed by atoms with Crippen molar-refractivity contribution in [1.29, 1.82) is 0 Å². The van der Waals surface area contributed by atoms with Gasteiger partial charge in [0.05, 0.1) is 6.10 Å². The molecule has 0 bridgehead atoms. The Hall–Kier alpha value is -2.97. The van der Waals surface area contributed by atoms with Gasteiger partial charge in [0.1, 0.15) is 5.65 Å². The third-order valence-electron chi connectivity index (χ3n) is 8.56. The molecule has 39 heavy (non-hydrogen) atoms. The van der Waals surface area contributed by atoms with Crippen molar-refractivity contribution in [2.45, 2.75) is 95.9 Å². The van der Waals surface area contributed by atoms with Crippen molar-refractivity contribution in [2.24, 2.45) is 0 Å². The number of hydrogen-bond acceptors (Lipinski definition) is 6. The molecular formula is C31H44N6O2. The van der Waals surface area contributed by atoms with Crippen LogP contribution in [0, 0.1) is 0 Å². The van der Waals surface area contributed by atoms with Crippen LogP contribution in [0.4, 0.5) is 5.95 Å². The second-order valence-corrected chi connectivity index (χ2v) is 11.5. The molecule has 0 spiro atoms. The Kier molecular flexibility index (Phi) is 8.82. The number of anilines is 1. The van der Waals surface area contributed by atoms with E-state index in [9.17, 15) is 9.90 Å². The maximum absolute atomic E-state index is 13.2. The Bertz CT molecular complexity index is 1240. The predicted molar refractivity (Wildman–Crippen MR) is 156 cm³/mol. The second-order valence-electron chi connectivity index (χ2n) is 11.5. The summed E-state index contributed by atoms with van der Waals surface area (Å²) in [5.41, 5.74) is 4.23. The first-order valence-corrected chi connectivity index (χ1v) is 14.8. The molecule has 1 aliphatic heterocycles. The molecule has 3 aromatic rings. The van der Waals surface area contributed by atoms with Crippen LogP contribution in [0.2, 0.25) is 0 Å². The molecule has 1 saturated carbocycles. The summed E-state index contributed by atoms with van der Waals surface area (Å²) in [6.45, 7) is 6.67. The van der Waals surface area contributed by atoms with Crippen LogP contribution in [0.15, 0.2) is 36.7 Å². The molecule has 1 atom stereocenters. The maximum atomic E-state index is 13.2. The predicted octanol–water partition coefficient (Wildman–Crippen LogP) is 5.25. The lowest BCUT2D eigenvalue weighted by Gasteiger charge is -2.32. The first kappa shape index (κ1) is 27.6. The molecule has 1 saturated heterocycles. The number of likely N-dealkylation sites (tertiary alicyclic amines) is 1. The molecule has 2 aromatic heterocycles. The van der Waals surface area contributed by atoms with Gasteiger partial charge in [-0.1, -0.05) is 25.5 Å². The molecule has 210 valence electrons. The number of carbonyl (C=O) groups is 1. The van der Waals surface area contributed by atoms with E-state index in [1.807, 2.05) is 42.4 Å². The van der Waals surface area contributed by atoms with Gasteiger partial charge >= 0.3 is 0 Å². The largest absolute Gasteiger partial charge is 0.393 e. The van der Waals surface area contributed by atoms with Gasteiger partial charge in [-0.3, -0.25) is 4.79 Å². The molecule has 5 rings (SSSR count). The summed E-state index contributed by atoms with van der Waals surface area (Å²) in [4.78, 5) is 24.9. The first-order chi connectivity index (χ1) is 19.0. The van der Waals surface area contributed by atoms with Gasteiger partial charge < -0.3 is 25.2 Å². The number of nitrogens with one attached hydrogen (secondary N) is 2. The summed E-state index contributed by atoms with van der Waals surface area (Å²) in [5.74, 6) is 1.17. The molecular weight excluding hydrogens is 488 g/mol. The van der Waals surface area contributed by atoms with E-state index in [1.165, 1.54) is 11.1 Å². The number of aromatic nitrogens is 3. The molecule has 3 heterocycles. The Morgan fingerprint density at radius 2 is 1.82 bits per heavy atom. The molecule has 1 aromatic carbocycles. The zero-order valence-electron chi connectivity index (χ0n) is 23.7. The SMILES string of the molecule is CCC[C@H](C)Nc1ncc2c(C3CCN(C(=O)c4ccc(CNC)cc4)CC3)cn(C3CCC(O)CC3)c2n1. The minimum atomic E-state index is -0.189. The highest BCUT2D eigenvalue weighted by Gasteiger charge is 2.29. The molecule has 2 fully saturated rings. The standard InChI is InChI=1S/C31H44N6O2/c1-4-5-21(2)34-31-33-19-27-28(20-37(29(27)35-31)25-10-12-26(38)13-11-25)23-14-16-36(17-15-23)30(39)24-8-6-22(7-9-24)18-32-3/h6-9,19-21,23,25-26,32,38H,4-5,10-18H2,1-3H3,(H,33,34,35)/t21-,25?,26?/m0/s1. The summed E-state index contributed by atoms with van der Waals surface area (Å²) in [5, 5.41) is 17.9. The molecule has 0 unspecified atom stereocenters. The average Bonchev–Trinajstić information content (AvgIpc) is 3.33. The van der Waals surface area contributed by atoms with Crippen molar-refractivity contribution in [3.63, 3.8) is 0 Å². The van der Waals surface area contributed by atoms with Gasteiger partial charge in [0.25, 0.3) is 5.91 Å². The molecule has 8 heteroatoms. The summed E-state index contributed by atoms with van der Waals surface area (Å²) in [7, 11) is 1.93. The van der Waals surface area contributed by atoms with Gasteiger partial charge in [0.2, 0.25) is 5.95 Å². The van der Waals surface area contributed by atoms with Gasteiger partial charge in [-0.05, 0) is 88.1 Å². The van der Waals surface area contributed by atoms with Gasteiger partial charge in [0.15, 0.2) is 0 Å². The number of carbonyl (C=O) groups excluding carboxylic acids is 1. The number of nitrogens with zero attached hydrogens (tertiary/aromatic N) is 4. The fourth-order valence-electron chi connectivity index (χ4n) is 6.33. The van der Waals surface area contributed by atoms with Crippen molar-refractivity contribution in [3.8, 4) is 0 Å². The van der Waals surface area contributed by atoms with Crippen LogP contribution in [0.5, 0.6) is 0 Å². The average molecular weight is 533 g/mol. The lowest BCUT2D eigenvalue weighted by atomic mass is 9.89. The molecule has 3 N–H and O–H groups in total. The Labute approximate surface area is 232 Å². The van der Waals surface area contributed by atoms with Crippen LogP contribution in [0.1, 0.15) is 98.7 Å². The number of rotatable bonds is 9. The normalized spacial score (nSPS) is 21.3. The monoisotopic (exact) mass is 532 g/mol. The van der Waals surface area contributed by atoms with Crippen LogP contribution in [-0.2, 0) is 6.54 Å². The summed E-state index contributed by atoms with van der Waals surface area (Å²) >= 11 is 0. The fourth-order valence-corrected chi connectivity index (χ4v) is 6.33. The first-order valence-electron chi connectivity index (χ1n) is 14.8. The minimum Gasteiger partial charge on any atom is -0.393 e. The zero-order chi connectivity index (χ0) is 27.4. The van der Waals surface area contributed by atoms with Crippen molar-refractivity contribution in [3.05, 3.63) is 53.3 Å². The van der Waals surface area contributed by atoms with Crippen molar-refractivity contribution >= 4 is 22.9 Å². The van der Waals surface area contributed by atoms with Crippen LogP contribution < -0.4 is 10.6 Å². The summed E-state index contributed by atoms with van der Waals surface area (Å²) in [6, 6.07) is 8.61. The number of aliphatic hydroxyl groups excluding tert-OH is 1. The molecule has 0 radical (unpaired) electrons. The van der Waals surface area contributed by atoms with Gasteiger partial charge in [0, 0.05) is 55.1 Å². The Morgan fingerprint density at radius 3 is 2.49 bits per heavy atom. The number of amides is 1. The van der Waals surface area contributed by atoms with Crippen LogP contribution in [0.3, 0.4) is 0 Å². The molecule has 1 aliphatic carbocycles. The smallest absolute Gasteiger partial charge is 0.253 e. The lowest BCUT2D eigenvalue weighted by Crippen LogP contribution is -2.37. The Morgan fingerprint density at radius 1 is 1.10 bits per heavy atom. The van der Waals surface area contributed by atoms with Crippen molar-refractivity contribution in [2.75, 3.05) is 25.5 Å². The van der Waals surface area contributed by atoms with Gasteiger partial charge in [-0.25, -0.2) is 4.98 Å². The molecule has 2 aliphatic rings. The quantitative estimate of drug-likeness (QED) is 0.349. The molecule has 1 amide bonds. The number of hydrogen-bond donors (Lipinski definition) is 3. The van der Waals surface area contributed by atoms with E-state index in [2.05, 4.69) is 35.2 Å². The van der Waals surface area contributed by atoms with Crippen molar-refractivity contribution < 1.29 is 9.90 Å². The summed E-state index contributed by atoms with van der Waals surface area (Å²) < 4.78 is 2.36. The van der Waals surface area contributed by atoms with Crippen molar-refractivity contribution in [1.82, 2.24) is 24.8 Å². The number of aliphatic hydroxyl groups is 1. The highest BCUT2D eigenvalue weighted by Crippen LogP contribution is 2.38. The zero-order valence-corrected chi connectivity index (χ0v) is 23.7. The van der Waals surface area contributed by atoms with E-state index >= 15 is 0 Å².